The minimum absolute atomic E-state index is 0.729. The van der Waals surface area contributed by atoms with Gasteiger partial charge in [-0.25, -0.2) is 0 Å². The van der Waals surface area contributed by atoms with Gasteiger partial charge in [-0.2, -0.15) is 0 Å². The van der Waals surface area contributed by atoms with Crippen molar-refractivity contribution in [2.45, 2.75) is 22.3 Å². The molecule has 2 nitrogen and oxygen atoms in total. The van der Waals surface area contributed by atoms with Crippen LogP contribution >= 0.6 is 11.8 Å². The molecule has 1 heterocycles. The van der Waals surface area contributed by atoms with E-state index < -0.39 is 13.4 Å². The summed E-state index contributed by atoms with van der Waals surface area (Å²) in [6, 6.07) is 14.4. The summed E-state index contributed by atoms with van der Waals surface area (Å²) < 4.78 is 13.3. The van der Waals surface area contributed by atoms with Crippen LogP contribution in [0.2, 0.25) is 5.82 Å². The van der Waals surface area contributed by atoms with Gasteiger partial charge in [0.15, 0.2) is 0 Å². The molecule has 0 unspecified atom stereocenters. The maximum atomic E-state index is 11.1. The molecule has 89 valence electrons. The molecule has 4 heteroatoms. The Morgan fingerprint density at radius 3 is 2.71 bits per heavy atom. The van der Waals surface area contributed by atoms with Crippen LogP contribution in [0.5, 0.6) is 0 Å². The number of hydrogen-bond acceptors (Lipinski definition) is 2. The second kappa shape index (κ2) is 6.10. The van der Waals surface area contributed by atoms with Crippen molar-refractivity contribution in [3.05, 3.63) is 48.7 Å². The van der Waals surface area contributed by atoms with Crippen molar-refractivity contribution in [3.8, 4) is 0 Å². The summed E-state index contributed by atoms with van der Waals surface area (Å²) in [5.41, 5.74) is 0. The average Bonchev–Trinajstić information content (AvgIpc) is 2.75. The monoisotopic (exact) mass is 312 g/mol. The molecule has 17 heavy (non-hydrogen) atoms. The molecule has 0 aliphatic carbocycles. The van der Waals surface area contributed by atoms with Gasteiger partial charge in [-0.1, -0.05) is 0 Å². The summed E-state index contributed by atoms with van der Waals surface area (Å²) in [4.78, 5) is 3.12. The second-order valence-corrected chi connectivity index (χ2v) is 7.46. The summed E-state index contributed by atoms with van der Waals surface area (Å²) >= 11 is 0.0222. The van der Waals surface area contributed by atoms with Gasteiger partial charge in [0.1, 0.15) is 0 Å². The van der Waals surface area contributed by atoms with Gasteiger partial charge in [-0.15, -0.1) is 0 Å². The van der Waals surface area contributed by atoms with E-state index in [4.69, 9.17) is 0 Å². The van der Waals surface area contributed by atoms with Crippen LogP contribution in [0.1, 0.15) is 0 Å². The van der Waals surface area contributed by atoms with Crippen LogP contribution < -0.4 is 0 Å². The fourth-order valence-corrected chi connectivity index (χ4v) is 3.15. The predicted molar refractivity (Wildman–Crippen MR) is 73.4 cm³/mol. The zero-order valence-corrected chi connectivity index (χ0v) is 12.1. The van der Waals surface area contributed by atoms with Gasteiger partial charge in [0.05, 0.1) is 0 Å². The summed E-state index contributed by atoms with van der Waals surface area (Å²) in [6.07, 6.45) is 2.02. The summed E-state index contributed by atoms with van der Waals surface area (Å²) in [7, 11) is 0. The third kappa shape index (κ3) is 3.77. The molecular formula is C13H14NOSSe. The Morgan fingerprint density at radius 1 is 1.24 bits per heavy atom. The standard InChI is InChI=1S/C13H14NOSSe/c1-17(15)11-10-14-9-5-8-13(14)16-12-6-3-2-4-7-12/h2-9,11H,10H2,1H3. The normalized spacial score (nSPS) is 11.7. The molecule has 0 atom stereocenters. The van der Waals surface area contributed by atoms with Gasteiger partial charge in [-0.3, -0.25) is 0 Å². The van der Waals surface area contributed by atoms with E-state index in [1.165, 1.54) is 9.92 Å². The number of rotatable bonds is 4. The van der Waals surface area contributed by atoms with E-state index in [1.807, 2.05) is 35.4 Å². The van der Waals surface area contributed by atoms with Gasteiger partial charge < -0.3 is 0 Å². The Labute approximate surface area is 109 Å². The van der Waals surface area contributed by atoms with Gasteiger partial charge in [0.2, 0.25) is 0 Å². The molecule has 0 saturated heterocycles. The molecule has 1 aromatic heterocycles. The van der Waals surface area contributed by atoms with Gasteiger partial charge in [0, 0.05) is 0 Å². The molecule has 0 aliphatic rings. The summed E-state index contributed by atoms with van der Waals surface area (Å²) in [5, 5.41) is 1.18. The number of benzene rings is 1. The van der Waals surface area contributed by atoms with Crippen LogP contribution in [0.25, 0.3) is 0 Å². The summed E-state index contributed by atoms with van der Waals surface area (Å²) in [5.74, 6) is 1.79. The minimum atomic E-state index is -1.71. The third-order valence-corrected chi connectivity index (χ3v) is 4.64. The van der Waals surface area contributed by atoms with E-state index in [9.17, 15) is 3.83 Å². The van der Waals surface area contributed by atoms with Crippen molar-refractivity contribution >= 4 is 30.1 Å². The molecule has 0 N–H and O–H groups in total. The van der Waals surface area contributed by atoms with Gasteiger partial charge in [-0.05, 0) is 0 Å². The van der Waals surface area contributed by atoms with Crippen molar-refractivity contribution in [1.29, 1.82) is 0 Å². The molecule has 0 spiro atoms. The first kappa shape index (κ1) is 12.5. The predicted octanol–water partition coefficient (Wildman–Crippen LogP) is 3.08. The SMILES string of the molecule is C/[Se](=O)=C/Cn1cccc1Sc1ccccc1. The molecule has 1 radical (unpaired) electrons. The van der Waals surface area contributed by atoms with Crippen LogP contribution in [-0.4, -0.2) is 22.9 Å². The Hall–Kier alpha value is -0.961. The number of nitrogens with zero attached hydrogens (tertiary/aromatic N) is 1. The van der Waals surface area contributed by atoms with Crippen molar-refractivity contribution in [2.75, 3.05) is 0 Å². The van der Waals surface area contributed by atoms with Crippen LogP contribution in [0, 0.1) is 0 Å². The number of aromatic nitrogens is 1. The molecule has 0 fully saturated rings. The second-order valence-electron chi connectivity index (χ2n) is 3.58. The van der Waals surface area contributed by atoms with Crippen LogP contribution in [0.3, 0.4) is 0 Å². The molecule has 0 bridgehead atoms. The molecule has 2 rings (SSSR count). The van der Waals surface area contributed by atoms with Crippen molar-refractivity contribution in [3.63, 3.8) is 0 Å². The van der Waals surface area contributed by atoms with Crippen molar-refractivity contribution < 1.29 is 3.83 Å². The quantitative estimate of drug-likeness (QED) is 0.810. The fraction of sp³-hybridized carbons (Fsp3) is 0.154. The first-order valence-electron chi connectivity index (χ1n) is 5.29. The zero-order valence-electron chi connectivity index (χ0n) is 9.58. The van der Waals surface area contributed by atoms with Crippen LogP contribution in [0.4, 0.5) is 0 Å². The third-order valence-electron chi connectivity index (χ3n) is 2.26. The van der Waals surface area contributed by atoms with E-state index >= 15 is 0 Å². The van der Waals surface area contributed by atoms with Gasteiger partial charge >= 0.3 is 109 Å². The topological polar surface area (TPSA) is 22.0 Å². The maximum absolute atomic E-state index is 11.1. The zero-order chi connectivity index (χ0) is 12.1. The van der Waals surface area contributed by atoms with Crippen molar-refractivity contribution in [1.82, 2.24) is 4.57 Å². The van der Waals surface area contributed by atoms with E-state index in [2.05, 4.69) is 22.8 Å². The van der Waals surface area contributed by atoms with Crippen LogP contribution in [0.15, 0.2) is 58.6 Å². The van der Waals surface area contributed by atoms with E-state index in [1.54, 1.807) is 17.6 Å². The molecular weight excluding hydrogens is 297 g/mol. The summed E-state index contributed by atoms with van der Waals surface area (Å²) in [6.45, 7) is 0.729. The Morgan fingerprint density at radius 2 is 2.00 bits per heavy atom. The van der Waals surface area contributed by atoms with E-state index in [0.29, 0.717) is 0 Å². The fourth-order valence-electron chi connectivity index (χ4n) is 1.44. The molecule has 0 saturated carbocycles. The molecule has 1 aromatic carbocycles. The Kier molecular flexibility index (Phi) is 4.49. The Balaban J connectivity index is 2.14. The first-order valence-corrected chi connectivity index (χ1v) is 9.51. The number of hydrogen-bond donors (Lipinski definition) is 0. The first-order chi connectivity index (χ1) is 8.25. The average molecular weight is 311 g/mol. The molecule has 0 aliphatic heterocycles. The van der Waals surface area contributed by atoms with Gasteiger partial charge in [0.25, 0.3) is 0 Å². The van der Waals surface area contributed by atoms with Crippen LogP contribution in [-0.2, 0) is 10.4 Å². The van der Waals surface area contributed by atoms with Crippen molar-refractivity contribution in [2.24, 2.45) is 0 Å². The molecule has 0 amide bonds. The van der Waals surface area contributed by atoms with E-state index in [0.717, 1.165) is 6.54 Å². The van der Waals surface area contributed by atoms with E-state index in [-0.39, 0.29) is 0 Å². The Bertz CT molecular complexity index is 556. The molecule has 2 aromatic rings.